The van der Waals surface area contributed by atoms with Crippen molar-refractivity contribution in [2.75, 3.05) is 19.8 Å². The average Bonchev–Trinajstić information content (AvgIpc) is 2.53. The molecule has 0 N–H and O–H groups in total. The fourth-order valence-electron chi connectivity index (χ4n) is 5.78. The normalized spacial score (nSPS) is 34.0. The van der Waals surface area contributed by atoms with E-state index in [4.69, 9.17) is 0 Å². The van der Waals surface area contributed by atoms with Crippen molar-refractivity contribution in [1.82, 2.24) is 9.29 Å². The molecule has 0 aliphatic heterocycles. The maximum atomic E-state index is 12.1. The Morgan fingerprint density at radius 3 is 2.20 bits per heavy atom. The minimum Gasteiger partial charge on any atom is -0.249 e. The van der Waals surface area contributed by atoms with Crippen molar-refractivity contribution in [1.29, 1.82) is 0 Å². The number of hydrogen-bond donors (Lipinski definition) is 0. The summed E-state index contributed by atoms with van der Waals surface area (Å²) < 4.78 is 25.4. The van der Waals surface area contributed by atoms with Crippen LogP contribution in [0.25, 0.3) is 0 Å². The van der Waals surface area contributed by atoms with Gasteiger partial charge in [0, 0.05) is 26.0 Å². The zero-order valence-corrected chi connectivity index (χ0v) is 16.8. The summed E-state index contributed by atoms with van der Waals surface area (Å²) in [5.74, 6) is 4.11. The molecule has 4 aliphatic rings. The molecule has 4 saturated carbocycles. The van der Waals surface area contributed by atoms with E-state index in [1.54, 1.807) is 31.9 Å². The van der Waals surface area contributed by atoms with Gasteiger partial charge in [-0.05, 0) is 80.2 Å². The lowest BCUT2D eigenvalue weighted by atomic mass is 9.49. The van der Waals surface area contributed by atoms with Gasteiger partial charge in [0.2, 0.25) is 10.0 Å². The molecule has 25 heavy (non-hydrogen) atoms. The molecular formula is C19H28N2O2S2. The minimum absolute atomic E-state index is 0.267. The second kappa shape index (κ2) is 6.54. The third-order valence-corrected chi connectivity index (χ3v) is 9.28. The third-order valence-electron chi connectivity index (χ3n) is 6.54. The van der Waals surface area contributed by atoms with Crippen LogP contribution in [0.15, 0.2) is 28.3 Å². The summed E-state index contributed by atoms with van der Waals surface area (Å²) in [6.07, 6.45) is 11.6. The van der Waals surface area contributed by atoms with Gasteiger partial charge in [0.15, 0.2) is 0 Å². The van der Waals surface area contributed by atoms with Crippen LogP contribution in [0.3, 0.4) is 0 Å². The first kappa shape index (κ1) is 17.8. The highest BCUT2D eigenvalue weighted by Gasteiger charge is 2.50. The molecule has 4 bridgehead atoms. The number of sulfonamides is 1. The van der Waals surface area contributed by atoms with Gasteiger partial charge in [0.05, 0.1) is 5.03 Å². The minimum atomic E-state index is -3.38. The van der Waals surface area contributed by atoms with E-state index in [9.17, 15) is 8.42 Å². The van der Waals surface area contributed by atoms with Gasteiger partial charge in [-0.3, -0.25) is 0 Å². The lowest BCUT2D eigenvalue weighted by Gasteiger charge is -2.57. The maximum absolute atomic E-state index is 12.1. The second-order valence-corrected chi connectivity index (χ2v) is 11.9. The van der Waals surface area contributed by atoms with E-state index in [0.29, 0.717) is 5.41 Å². The van der Waals surface area contributed by atoms with E-state index in [1.165, 1.54) is 55.4 Å². The van der Waals surface area contributed by atoms with Gasteiger partial charge in [0.1, 0.15) is 4.90 Å². The zero-order valence-electron chi connectivity index (χ0n) is 15.1. The smallest absolute Gasteiger partial charge is 0.244 e. The molecule has 6 heteroatoms. The van der Waals surface area contributed by atoms with Gasteiger partial charge in [-0.1, -0.05) is 0 Å². The van der Waals surface area contributed by atoms with Crippen LogP contribution < -0.4 is 0 Å². The van der Waals surface area contributed by atoms with Gasteiger partial charge in [-0.2, -0.15) is 0 Å². The Morgan fingerprint density at radius 2 is 1.72 bits per heavy atom. The summed E-state index contributed by atoms with van der Waals surface area (Å²) >= 11 is 1.78. The van der Waals surface area contributed by atoms with Crippen molar-refractivity contribution >= 4 is 21.8 Å². The van der Waals surface area contributed by atoms with Crippen molar-refractivity contribution in [3.63, 3.8) is 0 Å². The predicted molar refractivity (Wildman–Crippen MR) is 101 cm³/mol. The second-order valence-electron chi connectivity index (χ2n) is 8.64. The van der Waals surface area contributed by atoms with Crippen molar-refractivity contribution in [3.05, 3.63) is 18.3 Å². The van der Waals surface area contributed by atoms with Crippen molar-refractivity contribution in [3.8, 4) is 0 Å². The molecule has 0 spiro atoms. The maximum Gasteiger partial charge on any atom is 0.244 e. The van der Waals surface area contributed by atoms with Crippen LogP contribution in [0.4, 0.5) is 0 Å². The van der Waals surface area contributed by atoms with Crippen LogP contribution in [0.5, 0.6) is 0 Å². The Labute approximate surface area is 155 Å². The summed E-state index contributed by atoms with van der Waals surface area (Å²) in [5.41, 5.74) is 0.607. The van der Waals surface area contributed by atoms with Crippen molar-refractivity contribution in [2.45, 2.75) is 54.9 Å². The molecule has 4 nitrogen and oxygen atoms in total. The summed E-state index contributed by atoms with van der Waals surface area (Å²) in [4.78, 5) is 4.63. The lowest BCUT2D eigenvalue weighted by molar-refractivity contribution is -0.0538. The molecular weight excluding hydrogens is 352 g/mol. The average molecular weight is 381 g/mol. The van der Waals surface area contributed by atoms with Crippen LogP contribution in [0, 0.1) is 23.2 Å². The summed E-state index contributed by atoms with van der Waals surface area (Å²) in [5, 5.41) is 0.933. The highest BCUT2D eigenvalue weighted by atomic mass is 32.2. The van der Waals surface area contributed by atoms with Crippen molar-refractivity contribution in [2.24, 2.45) is 23.2 Å². The molecule has 0 amide bonds. The molecule has 0 saturated heterocycles. The number of pyridine rings is 1. The molecule has 4 fully saturated rings. The van der Waals surface area contributed by atoms with Gasteiger partial charge in [-0.25, -0.2) is 17.7 Å². The fraction of sp³-hybridized carbons (Fsp3) is 0.737. The molecule has 1 aromatic heterocycles. The standard InChI is InChI=1S/C19H28N2O2S2/c1-21(2)25(22,23)17-3-4-18(20-13-17)24-6-5-19-10-14-7-15(11-19)9-16(8-14)12-19/h3-4,13-16H,5-12H2,1-2H3. The first-order valence-electron chi connectivity index (χ1n) is 9.38. The molecule has 0 atom stereocenters. The Bertz CT molecular complexity index is 693. The molecule has 5 rings (SSSR count). The largest absolute Gasteiger partial charge is 0.249 e. The molecule has 0 aromatic carbocycles. The summed E-state index contributed by atoms with van der Waals surface area (Å²) in [6, 6.07) is 3.52. The van der Waals surface area contributed by atoms with Crippen LogP contribution in [0.2, 0.25) is 0 Å². The molecule has 138 valence electrons. The molecule has 0 radical (unpaired) electrons. The third kappa shape index (κ3) is 3.50. The van der Waals surface area contributed by atoms with Crippen LogP contribution in [0.1, 0.15) is 44.9 Å². The Hall–Kier alpha value is -0.590. The van der Waals surface area contributed by atoms with Crippen LogP contribution in [-0.2, 0) is 10.0 Å². The van der Waals surface area contributed by atoms with Crippen LogP contribution >= 0.6 is 11.8 Å². The number of thioether (sulfide) groups is 1. The molecule has 1 aromatic rings. The van der Waals surface area contributed by atoms with Crippen molar-refractivity contribution < 1.29 is 8.42 Å². The predicted octanol–water partition coefficient (Wildman–Crippen LogP) is 4.03. The fourth-order valence-corrected chi connectivity index (χ4v) is 7.67. The van der Waals surface area contributed by atoms with Gasteiger partial charge < -0.3 is 0 Å². The lowest BCUT2D eigenvalue weighted by Crippen LogP contribution is -2.46. The summed E-state index contributed by atoms with van der Waals surface area (Å²) in [7, 11) is -0.293. The Balaban J connectivity index is 1.35. The van der Waals surface area contributed by atoms with E-state index in [-0.39, 0.29) is 4.90 Å². The number of nitrogens with zero attached hydrogens (tertiary/aromatic N) is 2. The Morgan fingerprint density at radius 1 is 1.12 bits per heavy atom. The topological polar surface area (TPSA) is 50.3 Å². The van der Waals surface area contributed by atoms with E-state index in [2.05, 4.69) is 4.98 Å². The molecule has 4 aliphatic carbocycles. The van der Waals surface area contributed by atoms with Crippen LogP contribution in [-0.4, -0.2) is 37.6 Å². The van der Waals surface area contributed by atoms with Gasteiger partial charge in [-0.15, -0.1) is 11.8 Å². The van der Waals surface area contributed by atoms with Gasteiger partial charge >= 0.3 is 0 Å². The van der Waals surface area contributed by atoms with Gasteiger partial charge in [0.25, 0.3) is 0 Å². The zero-order chi connectivity index (χ0) is 17.7. The first-order chi connectivity index (χ1) is 11.9. The molecule has 0 unspecified atom stereocenters. The first-order valence-corrected chi connectivity index (χ1v) is 11.8. The number of rotatable bonds is 6. The van der Waals surface area contributed by atoms with E-state index < -0.39 is 10.0 Å². The quantitative estimate of drug-likeness (QED) is 0.699. The Kier molecular flexibility index (Phi) is 4.66. The highest BCUT2D eigenvalue weighted by Crippen LogP contribution is 2.61. The van der Waals surface area contributed by atoms with E-state index >= 15 is 0 Å². The molecule has 1 heterocycles. The van der Waals surface area contributed by atoms with E-state index in [1.807, 2.05) is 6.07 Å². The summed E-state index contributed by atoms with van der Waals surface area (Å²) in [6.45, 7) is 0. The number of aromatic nitrogens is 1. The SMILES string of the molecule is CN(C)S(=O)(=O)c1ccc(SCCC23CC4CC(CC(C4)C2)C3)nc1. The van der Waals surface area contributed by atoms with E-state index in [0.717, 1.165) is 28.5 Å². The number of hydrogen-bond acceptors (Lipinski definition) is 4. The monoisotopic (exact) mass is 380 g/mol. The highest BCUT2D eigenvalue weighted by molar-refractivity contribution is 7.99.